The van der Waals surface area contributed by atoms with Crippen LogP contribution in [0.15, 0.2) is 17.1 Å². The van der Waals surface area contributed by atoms with Crippen LogP contribution >= 0.6 is 33.9 Å². The summed E-state index contributed by atoms with van der Waals surface area (Å²) in [5, 5.41) is 6.66. The zero-order valence-corrected chi connectivity index (χ0v) is 15.2. The van der Waals surface area contributed by atoms with Crippen molar-refractivity contribution in [3.63, 3.8) is 0 Å². The van der Waals surface area contributed by atoms with E-state index in [9.17, 15) is 0 Å². The number of unbranched alkanes of at least 4 members (excludes halogenated alkanes) is 1. The van der Waals surface area contributed by atoms with E-state index >= 15 is 0 Å². The van der Waals surface area contributed by atoms with Gasteiger partial charge in [-0.3, -0.25) is 4.99 Å². The monoisotopic (exact) mass is 409 g/mol. The Morgan fingerprint density at radius 3 is 2.75 bits per heavy atom. The fourth-order valence-corrected chi connectivity index (χ4v) is 3.45. The molecule has 6 heteroatoms. The molecule has 1 aromatic rings. The highest BCUT2D eigenvalue weighted by Crippen LogP contribution is 2.18. The first-order valence-corrected chi connectivity index (χ1v) is 8.92. The summed E-state index contributed by atoms with van der Waals surface area (Å²) in [4.78, 5) is 5.63. The molecule has 0 aliphatic carbocycles. The van der Waals surface area contributed by atoms with E-state index in [4.69, 9.17) is 4.74 Å². The number of nitrogens with one attached hydrogen (secondary N) is 2. The van der Waals surface area contributed by atoms with Crippen LogP contribution in [0.5, 0.6) is 0 Å². The van der Waals surface area contributed by atoms with Crippen LogP contribution in [0.1, 0.15) is 24.6 Å². The normalized spacial score (nSPS) is 11.7. The summed E-state index contributed by atoms with van der Waals surface area (Å²) in [6, 6.07) is 4.35. The summed E-state index contributed by atoms with van der Waals surface area (Å²) in [5.41, 5.74) is 0. The number of rotatable bonds is 9. The molecule has 0 saturated carbocycles. The van der Waals surface area contributed by atoms with E-state index in [2.05, 4.69) is 50.3 Å². The zero-order chi connectivity index (χ0) is 14.6. The minimum absolute atomic E-state index is 0.804. The molecule has 0 radical (unpaired) electrons. The maximum atomic E-state index is 5.31. The first kappa shape index (κ1) is 17.7. The topological polar surface area (TPSA) is 45.6 Å². The third-order valence-corrected chi connectivity index (χ3v) is 4.68. The lowest BCUT2D eigenvalue weighted by molar-refractivity contribution is 0.143. The molecule has 1 heterocycles. The molecule has 4 nitrogen and oxygen atoms in total. The predicted molar refractivity (Wildman–Crippen MR) is 95.8 cm³/mol. The van der Waals surface area contributed by atoms with Gasteiger partial charge in [0.05, 0.1) is 2.88 Å². The molecule has 0 aliphatic rings. The van der Waals surface area contributed by atoms with Crippen LogP contribution in [-0.2, 0) is 11.2 Å². The second-order valence-corrected chi connectivity index (χ2v) is 7.35. The fourth-order valence-electron chi connectivity index (χ4n) is 1.69. The van der Waals surface area contributed by atoms with Gasteiger partial charge in [-0.25, -0.2) is 0 Å². The van der Waals surface area contributed by atoms with E-state index in [1.54, 1.807) is 0 Å². The molecule has 20 heavy (non-hydrogen) atoms. The largest absolute Gasteiger partial charge is 0.382 e. The van der Waals surface area contributed by atoms with Crippen molar-refractivity contribution < 1.29 is 4.74 Å². The van der Waals surface area contributed by atoms with Crippen LogP contribution in [-0.4, -0.2) is 39.3 Å². The number of hydrogen-bond donors (Lipinski definition) is 2. The molecule has 1 aromatic heterocycles. The van der Waals surface area contributed by atoms with Crippen molar-refractivity contribution >= 4 is 39.9 Å². The van der Waals surface area contributed by atoms with Crippen LogP contribution < -0.4 is 10.6 Å². The van der Waals surface area contributed by atoms with Gasteiger partial charge < -0.3 is 15.4 Å². The van der Waals surface area contributed by atoms with E-state index in [1.165, 1.54) is 7.76 Å². The van der Waals surface area contributed by atoms with Crippen LogP contribution in [0, 0.1) is 2.88 Å². The van der Waals surface area contributed by atoms with Gasteiger partial charge in [-0.2, -0.15) is 0 Å². The fraction of sp³-hybridized carbons (Fsp3) is 0.643. The van der Waals surface area contributed by atoms with Crippen molar-refractivity contribution in [2.45, 2.75) is 26.2 Å². The van der Waals surface area contributed by atoms with E-state index in [-0.39, 0.29) is 0 Å². The van der Waals surface area contributed by atoms with Crippen molar-refractivity contribution in [2.24, 2.45) is 4.99 Å². The molecule has 0 atom stereocenters. The van der Waals surface area contributed by atoms with Crippen LogP contribution in [0.3, 0.4) is 0 Å². The van der Waals surface area contributed by atoms with Gasteiger partial charge in [0.2, 0.25) is 0 Å². The number of ether oxygens (including phenoxy) is 1. The van der Waals surface area contributed by atoms with Crippen molar-refractivity contribution in [3.8, 4) is 0 Å². The third-order valence-electron chi connectivity index (χ3n) is 2.73. The Morgan fingerprint density at radius 2 is 2.10 bits per heavy atom. The minimum Gasteiger partial charge on any atom is -0.382 e. The van der Waals surface area contributed by atoms with Crippen LogP contribution in [0.4, 0.5) is 0 Å². The maximum Gasteiger partial charge on any atom is 0.190 e. The molecular weight excluding hydrogens is 385 g/mol. The van der Waals surface area contributed by atoms with Crippen LogP contribution in [0.25, 0.3) is 0 Å². The third kappa shape index (κ3) is 8.06. The van der Waals surface area contributed by atoms with Crippen molar-refractivity contribution in [1.82, 2.24) is 10.6 Å². The molecule has 114 valence electrons. The molecule has 2 N–H and O–H groups in total. The van der Waals surface area contributed by atoms with E-state index in [0.29, 0.717) is 0 Å². The maximum absolute atomic E-state index is 5.31. The van der Waals surface area contributed by atoms with Crippen molar-refractivity contribution in [2.75, 3.05) is 33.4 Å². The molecule has 0 spiro atoms. The molecule has 0 unspecified atom stereocenters. The predicted octanol–water partition coefficient (Wildman–Crippen LogP) is 2.88. The van der Waals surface area contributed by atoms with Gasteiger partial charge in [0, 0.05) is 38.2 Å². The Morgan fingerprint density at radius 1 is 1.30 bits per heavy atom. The molecule has 0 bridgehead atoms. The lowest BCUT2D eigenvalue weighted by Crippen LogP contribution is -2.38. The quantitative estimate of drug-likeness (QED) is 0.285. The van der Waals surface area contributed by atoms with Gasteiger partial charge in [0.15, 0.2) is 5.96 Å². The highest BCUT2D eigenvalue weighted by Gasteiger charge is 2.00. The molecule has 0 amide bonds. The van der Waals surface area contributed by atoms with Gasteiger partial charge in [0.1, 0.15) is 0 Å². The standard InChI is InChI=1S/C14H24IN3OS/c1-3-19-11-5-4-9-17-14(16-2)18-10-8-12-6-7-13(15)20-12/h6-7H,3-5,8-11H2,1-2H3,(H2,16,17,18). The minimum atomic E-state index is 0.804. The molecular formula is C14H24IN3OS. The van der Waals surface area contributed by atoms with Gasteiger partial charge in [-0.1, -0.05) is 0 Å². The lowest BCUT2D eigenvalue weighted by Gasteiger charge is -2.11. The van der Waals surface area contributed by atoms with Gasteiger partial charge in [-0.05, 0) is 60.9 Å². The Balaban J connectivity index is 2.07. The summed E-state index contributed by atoms with van der Waals surface area (Å²) < 4.78 is 6.65. The summed E-state index contributed by atoms with van der Waals surface area (Å²) in [7, 11) is 1.81. The second kappa shape index (κ2) is 11.3. The summed E-state index contributed by atoms with van der Waals surface area (Å²) >= 11 is 4.21. The Kier molecular flexibility index (Phi) is 10.0. The second-order valence-electron chi connectivity index (χ2n) is 4.29. The highest BCUT2D eigenvalue weighted by atomic mass is 127. The smallest absolute Gasteiger partial charge is 0.190 e. The van der Waals surface area contributed by atoms with Gasteiger partial charge in [0.25, 0.3) is 0 Å². The number of aliphatic imine (C=N–C) groups is 1. The number of hydrogen-bond acceptors (Lipinski definition) is 3. The van der Waals surface area contributed by atoms with Crippen LogP contribution in [0.2, 0.25) is 0 Å². The Labute approximate surface area is 139 Å². The van der Waals surface area contributed by atoms with Crippen molar-refractivity contribution in [3.05, 3.63) is 19.9 Å². The lowest BCUT2D eigenvalue weighted by atomic mass is 10.3. The zero-order valence-electron chi connectivity index (χ0n) is 12.2. The first-order chi connectivity index (χ1) is 9.76. The molecule has 1 rings (SSSR count). The van der Waals surface area contributed by atoms with Crippen molar-refractivity contribution in [1.29, 1.82) is 0 Å². The molecule has 0 aliphatic heterocycles. The number of thiophene rings is 1. The average Bonchev–Trinajstić information content (AvgIpc) is 2.86. The highest BCUT2D eigenvalue weighted by molar-refractivity contribution is 14.1. The molecule has 0 fully saturated rings. The average molecular weight is 409 g/mol. The van der Waals surface area contributed by atoms with E-state index in [0.717, 1.165) is 51.5 Å². The summed E-state index contributed by atoms with van der Waals surface area (Å²) in [5.74, 6) is 0.882. The number of nitrogens with zero attached hydrogens (tertiary/aromatic N) is 1. The number of halogens is 1. The Hall–Kier alpha value is -0.340. The first-order valence-electron chi connectivity index (χ1n) is 7.02. The molecule has 0 saturated heterocycles. The summed E-state index contributed by atoms with van der Waals surface area (Å²) in [6.45, 7) is 5.52. The van der Waals surface area contributed by atoms with Gasteiger partial charge in [-0.15, -0.1) is 11.3 Å². The SMILES string of the molecule is CCOCCCCNC(=NC)NCCc1ccc(I)s1. The molecule has 0 aromatic carbocycles. The van der Waals surface area contributed by atoms with E-state index < -0.39 is 0 Å². The summed E-state index contributed by atoms with van der Waals surface area (Å²) in [6.07, 6.45) is 3.23. The van der Waals surface area contributed by atoms with E-state index in [1.807, 2.05) is 25.3 Å². The number of guanidine groups is 1. The van der Waals surface area contributed by atoms with Gasteiger partial charge >= 0.3 is 0 Å². The Bertz CT molecular complexity index is 396.